The Balaban J connectivity index is 1.20. The smallest absolute Gasteiger partial charge is 0.0634 e. The van der Waals surface area contributed by atoms with Crippen LogP contribution in [0.15, 0.2) is 206 Å². The largest absolute Gasteiger partial charge is 0.310 e. The fourth-order valence-corrected chi connectivity index (χ4v) is 9.74. The minimum Gasteiger partial charge on any atom is -0.310 e. The molecule has 0 radical (unpaired) electrons. The Morgan fingerprint density at radius 2 is 0.909 bits per heavy atom. The van der Waals surface area contributed by atoms with Crippen LogP contribution in [0, 0.1) is 0 Å². The van der Waals surface area contributed by atoms with Crippen LogP contribution in [-0.4, -0.2) is 4.57 Å². The summed E-state index contributed by atoms with van der Waals surface area (Å²) in [6, 6.07) is 74.9. The molecule has 2 nitrogen and oxygen atoms in total. The Morgan fingerprint density at radius 3 is 1.64 bits per heavy atom. The van der Waals surface area contributed by atoms with Crippen LogP contribution in [-0.2, 0) is 0 Å². The van der Waals surface area contributed by atoms with Crippen LogP contribution in [0.2, 0.25) is 0 Å². The standard InChI is InChI=1S/C52H34N2S/c1-5-16-35(17-6-1)37-29-31-48-46(34-37)49-43-26-13-14-27-44(43)51-50(52(49)55-48)45-33-38(28-30-47(45)54(51)41-23-11-4-12-24-41)36-18-15-25-42(32-36)53(39-19-7-2-8-20-39)40-21-9-3-10-22-40/h1-34H. The SMILES string of the molecule is c1ccc(-c2ccc3sc4c(c3c2)c2ccccc2c2c4c3cc(-c4cccc(N(c5ccccc5)c5ccccc5)c4)ccc3n2-c2ccccc2)cc1. The van der Waals surface area contributed by atoms with E-state index in [2.05, 4.69) is 216 Å². The number of aromatic nitrogens is 1. The van der Waals surface area contributed by atoms with E-state index in [1.54, 1.807) is 0 Å². The van der Waals surface area contributed by atoms with Crippen LogP contribution in [0.3, 0.4) is 0 Å². The van der Waals surface area contributed by atoms with E-state index in [-0.39, 0.29) is 0 Å². The number of para-hydroxylation sites is 3. The van der Waals surface area contributed by atoms with Gasteiger partial charge in [0.1, 0.15) is 0 Å². The third-order valence-corrected chi connectivity index (χ3v) is 12.1. The molecule has 3 heteroatoms. The molecule has 11 rings (SSSR count). The van der Waals surface area contributed by atoms with Crippen LogP contribution in [0.5, 0.6) is 0 Å². The molecule has 0 aliphatic rings. The number of benzene rings is 9. The second-order valence-electron chi connectivity index (χ2n) is 14.1. The molecule has 258 valence electrons. The zero-order chi connectivity index (χ0) is 36.3. The van der Waals surface area contributed by atoms with Gasteiger partial charge in [-0.2, -0.15) is 0 Å². The molecule has 0 aliphatic carbocycles. The molecule has 2 heterocycles. The summed E-state index contributed by atoms with van der Waals surface area (Å²) < 4.78 is 5.12. The van der Waals surface area contributed by atoms with E-state index in [1.165, 1.54) is 75.0 Å². The highest BCUT2D eigenvalue weighted by molar-refractivity contribution is 7.27. The van der Waals surface area contributed by atoms with Crippen molar-refractivity contribution in [1.82, 2.24) is 4.57 Å². The summed E-state index contributed by atoms with van der Waals surface area (Å²) in [4.78, 5) is 2.33. The molecule has 0 spiro atoms. The molecule has 0 unspecified atom stereocenters. The van der Waals surface area contributed by atoms with Gasteiger partial charge in [-0.3, -0.25) is 0 Å². The third kappa shape index (κ3) is 5.16. The fourth-order valence-electron chi connectivity index (χ4n) is 8.49. The topological polar surface area (TPSA) is 8.17 Å². The molecule has 0 amide bonds. The lowest BCUT2D eigenvalue weighted by atomic mass is 9.97. The highest BCUT2D eigenvalue weighted by Gasteiger charge is 2.23. The molecule has 0 aliphatic heterocycles. The first kappa shape index (κ1) is 31.6. The molecular formula is C52H34N2S. The number of hydrogen-bond acceptors (Lipinski definition) is 2. The molecular weight excluding hydrogens is 685 g/mol. The normalized spacial score (nSPS) is 11.6. The van der Waals surface area contributed by atoms with Crippen molar-refractivity contribution < 1.29 is 0 Å². The zero-order valence-electron chi connectivity index (χ0n) is 29.9. The number of thiophene rings is 1. The molecule has 55 heavy (non-hydrogen) atoms. The quantitative estimate of drug-likeness (QED) is 0.166. The Kier molecular flexibility index (Phi) is 7.39. The number of nitrogens with zero attached hydrogens (tertiary/aromatic N) is 2. The van der Waals surface area contributed by atoms with Crippen molar-refractivity contribution in [2.75, 3.05) is 4.90 Å². The number of fused-ring (bicyclic) bond motifs is 10. The van der Waals surface area contributed by atoms with Crippen LogP contribution < -0.4 is 4.90 Å². The maximum atomic E-state index is 2.49. The highest BCUT2D eigenvalue weighted by atomic mass is 32.1. The van der Waals surface area contributed by atoms with E-state index in [0.29, 0.717) is 0 Å². The molecule has 2 aromatic heterocycles. The van der Waals surface area contributed by atoms with Crippen molar-refractivity contribution in [2.24, 2.45) is 0 Å². The van der Waals surface area contributed by atoms with Crippen molar-refractivity contribution in [3.8, 4) is 27.9 Å². The first-order valence-electron chi connectivity index (χ1n) is 18.8. The summed E-state index contributed by atoms with van der Waals surface area (Å²) in [5.41, 5.74) is 11.8. The minimum atomic E-state index is 1.12. The van der Waals surface area contributed by atoms with Gasteiger partial charge in [0.05, 0.1) is 11.0 Å². The van der Waals surface area contributed by atoms with Gasteiger partial charge in [0.25, 0.3) is 0 Å². The Bertz CT molecular complexity index is 3140. The maximum Gasteiger partial charge on any atom is 0.0634 e. The Labute approximate surface area is 323 Å². The minimum absolute atomic E-state index is 1.12. The first-order chi connectivity index (χ1) is 27.3. The van der Waals surface area contributed by atoms with Gasteiger partial charge >= 0.3 is 0 Å². The molecule has 0 fully saturated rings. The highest BCUT2D eigenvalue weighted by Crippen LogP contribution is 2.49. The van der Waals surface area contributed by atoms with Crippen molar-refractivity contribution >= 4 is 81.1 Å². The van der Waals surface area contributed by atoms with Gasteiger partial charge in [0.15, 0.2) is 0 Å². The fraction of sp³-hybridized carbons (Fsp3) is 0. The second-order valence-corrected chi connectivity index (χ2v) is 15.2. The van der Waals surface area contributed by atoms with Gasteiger partial charge in [-0.25, -0.2) is 0 Å². The second kappa shape index (κ2) is 12.9. The van der Waals surface area contributed by atoms with E-state index in [9.17, 15) is 0 Å². The van der Waals surface area contributed by atoms with Gasteiger partial charge in [-0.1, -0.05) is 133 Å². The summed E-state index contributed by atoms with van der Waals surface area (Å²) in [7, 11) is 0. The summed E-state index contributed by atoms with van der Waals surface area (Å²) in [5.74, 6) is 0. The predicted octanol–water partition coefficient (Wildman–Crippen LogP) is 15.1. The van der Waals surface area contributed by atoms with Gasteiger partial charge in [0.2, 0.25) is 0 Å². The third-order valence-electron chi connectivity index (χ3n) is 10.9. The number of rotatable bonds is 6. The Morgan fingerprint density at radius 1 is 0.364 bits per heavy atom. The Hall–Kier alpha value is -6.94. The summed E-state index contributed by atoms with van der Waals surface area (Å²) in [5, 5.41) is 7.77. The first-order valence-corrected chi connectivity index (χ1v) is 19.6. The molecule has 0 saturated carbocycles. The summed E-state index contributed by atoms with van der Waals surface area (Å²) in [6.45, 7) is 0. The molecule has 9 aromatic carbocycles. The zero-order valence-corrected chi connectivity index (χ0v) is 30.7. The lowest BCUT2D eigenvalue weighted by Gasteiger charge is -2.26. The van der Waals surface area contributed by atoms with E-state index < -0.39 is 0 Å². The molecule has 0 N–H and O–H groups in total. The van der Waals surface area contributed by atoms with Gasteiger partial charge in [-0.05, 0) is 100 Å². The lowest BCUT2D eigenvalue weighted by molar-refractivity contribution is 1.19. The average molecular weight is 719 g/mol. The number of hydrogen-bond donors (Lipinski definition) is 0. The van der Waals surface area contributed by atoms with Crippen LogP contribution in [0.4, 0.5) is 17.1 Å². The van der Waals surface area contributed by atoms with Gasteiger partial charge < -0.3 is 9.47 Å². The van der Waals surface area contributed by atoms with E-state index in [4.69, 9.17) is 0 Å². The average Bonchev–Trinajstić information content (AvgIpc) is 3.81. The van der Waals surface area contributed by atoms with Crippen molar-refractivity contribution in [3.63, 3.8) is 0 Å². The summed E-state index contributed by atoms with van der Waals surface area (Å²) in [6.07, 6.45) is 0. The summed E-state index contributed by atoms with van der Waals surface area (Å²) >= 11 is 1.92. The van der Waals surface area contributed by atoms with E-state index >= 15 is 0 Å². The maximum absolute atomic E-state index is 2.49. The van der Waals surface area contributed by atoms with E-state index in [1.807, 2.05) is 11.3 Å². The van der Waals surface area contributed by atoms with Crippen molar-refractivity contribution in [2.45, 2.75) is 0 Å². The molecule has 0 atom stereocenters. The van der Waals surface area contributed by atoms with E-state index in [0.717, 1.165) is 22.7 Å². The van der Waals surface area contributed by atoms with Crippen LogP contribution in [0.1, 0.15) is 0 Å². The molecule has 11 aromatic rings. The monoisotopic (exact) mass is 718 g/mol. The molecule has 0 saturated heterocycles. The van der Waals surface area contributed by atoms with Crippen LogP contribution >= 0.6 is 11.3 Å². The van der Waals surface area contributed by atoms with Crippen LogP contribution in [0.25, 0.3) is 80.7 Å². The van der Waals surface area contributed by atoms with Gasteiger partial charge in [-0.15, -0.1) is 11.3 Å². The van der Waals surface area contributed by atoms with Crippen molar-refractivity contribution in [1.29, 1.82) is 0 Å². The predicted molar refractivity (Wildman–Crippen MR) is 237 cm³/mol. The van der Waals surface area contributed by atoms with Gasteiger partial charge in [0, 0.05) is 59.1 Å². The molecule has 0 bridgehead atoms. The lowest BCUT2D eigenvalue weighted by Crippen LogP contribution is -2.09. The van der Waals surface area contributed by atoms with Crippen molar-refractivity contribution in [3.05, 3.63) is 206 Å². The number of anilines is 3.